The van der Waals surface area contributed by atoms with Crippen molar-refractivity contribution in [3.63, 3.8) is 0 Å². The predicted molar refractivity (Wildman–Crippen MR) is 102 cm³/mol. The van der Waals surface area contributed by atoms with Crippen LogP contribution in [0.2, 0.25) is 0 Å². The highest BCUT2D eigenvalue weighted by Gasteiger charge is 2.19. The van der Waals surface area contributed by atoms with Gasteiger partial charge in [0.25, 0.3) is 0 Å². The molecule has 0 N–H and O–H groups in total. The smallest absolute Gasteiger partial charge is 0.233 e. The zero-order valence-electron chi connectivity index (χ0n) is 14.1. The molecule has 1 saturated heterocycles. The van der Waals surface area contributed by atoms with Crippen molar-refractivity contribution in [3.8, 4) is 0 Å². The third-order valence-corrected chi connectivity index (χ3v) is 5.55. The summed E-state index contributed by atoms with van der Waals surface area (Å²) in [5.41, 5.74) is 3.33. The Hall–Kier alpha value is -2.27. The van der Waals surface area contributed by atoms with Crippen LogP contribution in [-0.2, 0) is 11.3 Å². The van der Waals surface area contributed by atoms with Crippen molar-refractivity contribution in [3.05, 3.63) is 60.2 Å². The van der Waals surface area contributed by atoms with E-state index in [1.807, 2.05) is 29.2 Å². The standard InChI is InChI=1S/C20H21N3OS/c24-19(22-12-6-7-13-22)15-25-20-21-17-10-4-5-11-18(17)23(20)14-16-8-2-1-3-9-16/h1-5,8-11H,6-7,12-15H2. The molecular formula is C20H21N3OS. The van der Waals surface area contributed by atoms with E-state index in [-0.39, 0.29) is 5.91 Å². The molecule has 128 valence electrons. The molecule has 5 heteroatoms. The maximum absolute atomic E-state index is 12.4. The zero-order valence-corrected chi connectivity index (χ0v) is 14.9. The fraction of sp³-hybridized carbons (Fsp3) is 0.300. The molecule has 0 aliphatic carbocycles. The van der Waals surface area contributed by atoms with Gasteiger partial charge in [0.05, 0.1) is 23.3 Å². The summed E-state index contributed by atoms with van der Waals surface area (Å²) < 4.78 is 2.21. The number of fused-ring (bicyclic) bond motifs is 1. The Labute approximate surface area is 151 Å². The van der Waals surface area contributed by atoms with E-state index in [9.17, 15) is 4.79 Å². The van der Waals surface area contributed by atoms with Gasteiger partial charge in [-0.3, -0.25) is 4.79 Å². The lowest BCUT2D eigenvalue weighted by molar-refractivity contribution is -0.127. The molecule has 2 aromatic carbocycles. The van der Waals surface area contributed by atoms with Crippen molar-refractivity contribution in [1.29, 1.82) is 0 Å². The van der Waals surface area contributed by atoms with Gasteiger partial charge in [0, 0.05) is 13.1 Å². The van der Waals surface area contributed by atoms with Gasteiger partial charge in [-0.1, -0.05) is 54.2 Å². The highest BCUT2D eigenvalue weighted by molar-refractivity contribution is 7.99. The number of aromatic nitrogens is 2. The fourth-order valence-electron chi connectivity index (χ4n) is 3.27. The minimum absolute atomic E-state index is 0.223. The van der Waals surface area contributed by atoms with Crippen LogP contribution in [0.25, 0.3) is 11.0 Å². The highest BCUT2D eigenvalue weighted by atomic mass is 32.2. The molecule has 1 aliphatic rings. The van der Waals surface area contributed by atoms with Gasteiger partial charge in [-0.25, -0.2) is 4.98 Å². The van der Waals surface area contributed by atoms with E-state index in [4.69, 9.17) is 4.98 Å². The number of thioether (sulfide) groups is 1. The molecule has 4 rings (SSSR count). The summed E-state index contributed by atoms with van der Waals surface area (Å²) in [5.74, 6) is 0.679. The number of nitrogens with zero attached hydrogens (tertiary/aromatic N) is 3. The second kappa shape index (κ2) is 7.31. The third kappa shape index (κ3) is 3.56. The number of hydrogen-bond donors (Lipinski definition) is 0. The average Bonchev–Trinajstić information content (AvgIpc) is 3.29. The first-order valence-corrected chi connectivity index (χ1v) is 9.69. The predicted octanol–water partition coefficient (Wildman–Crippen LogP) is 3.80. The monoisotopic (exact) mass is 351 g/mol. The van der Waals surface area contributed by atoms with Crippen LogP contribution in [0.4, 0.5) is 0 Å². The molecule has 0 bridgehead atoms. The van der Waals surface area contributed by atoms with Gasteiger partial charge in [-0.15, -0.1) is 0 Å². The number of imidazole rings is 1. The number of hydrogen-bond acceptors (Lipinski definition) is 3. The Bertz CT molecular complexity index is 869. The average molecular weight is 351 g/mol. The molecule has 3 aromatic rings. The van der Waals surface area contributed by atoms with E-state index in [2.05, 4.69) is 34.9 Å². The minimum atomic E-state index is 0.223. The van der Waals surface area contributed by atoms with E-state index in [1.54, 1.807) is 11.8 Å². The number of benzene rings is 2. The van der Waals surface area contributed by atoms with Crippen LogP contribution in [0, 0.1) is 0 Å². The third-order valence-electron chi connectivity index (χ3n) is 4.59. The van der Waals surface area contributed by atoms with Crippen LogP contribution in [0.5, 0.6) is 0 Å². The first-order valence-electron chi connectivity index (χ1n) is 8.71. The lowest BCUT2D eigenvalue weighted by Gasteiger charge is -2.15. The van der Waals surface area contributed by atoms with Crippen molar-refractivity contribution >= 4 is 28.7 Å². The number of amides is 1. The van der Waals surface area contributed by atoms with Crippen molar-refractivity contribution in [2.75, 3.05) is 18.8 Å². The molecule has 0 saturated carbocycles. The summed E-state index contributed by atoms with van der Waals surface area (Å²) in [5, 5.41) is 0.914. The lowest BCUT2D eigenvalue weighted by Crippen LogP contribution is -2.29. The van der Waals surface area contributed by atoms with E-state index in [0.717, 1.165) is 48.7 Å². The normalized spacial score (nSPS) is 14.3. The van der Waals surface area contributed by atoms with E-state index >= 15 is 0 Å². The topological polar surface area (TPSA) is 38.1 Å². The molecule has 4 nitrogen and oxygen atoms in total. The number of para-hydroxylation sites is 2. The molecule has 1 aliphatic heterocycles. The van der Waals surface area contributed by atoms with Gasteiger partial charge in [0.15, 0.2) is 5.16 Å². The molecular weight excluding hydrogens is 330 g/mol. The first kappa shape index (κ1) is 16.2. The van der Waals surface area contributed by atoms with Crippen LogP contribution in [-0.4, -0.2) is 39.2 Å². The largest absolute Gasteiger partial charge is 0.342 e. The maximum atomic E-state index is 12.4. The number of rotatable bonds is 5. The van der Waals surface area contributed by atoms with Crippen molar-refractivity contribution in [2.45, 2.75) is 24.5 Å². The summed E-state index contributed by atoms with van der Waals surface area (Å²) in [7, 11) is 0. The van der Waals surface area contributed by atoms with Crippen LogP contribution < -0.4 is 0 Å². The van der Waals surface area contributed by atoms with E-state index < -0.39 is 0 Å². The Morgan fingerprint density at radius 2 is 1.72 bits per heavy atom. The summed E-state index contributed by atoms with van der Waals surface area (Å²) in [6.45, 7) is 2.57. The molecule has 1 amide bonds. The number of likely N-dealkylation sites (tertiary alicyclic amines) is 1. The molecule has 0 spiro atoms. The molecule has 1 fully saturated rings. The highest BCUT2D eigenvalue weighted by Crippen LogP contribution is 2.26. The Balaban J connectivity index is 1.58. The van der Waals surface area contributed by atoms with Gasteiger partial charge in [0.1, 0.15) is 0 Å². The Morgan fingerprint density at radius 1 is 1.00 bits per heavy atom. The summed E-state index contributed by atoms with van der Waals surface area (Å²) in [4.78, 5) is 19.1. The second-order valence-electron chi connectivity index (χ2n) is 6.33. The molecule has 0 atom stereocenters. The summed E-state index contributed by atoms with van der Waals surface area (Å²) in [6.07, 6.45) is 2.26. The molecule has 2 heterocycles. The maximum Gasteiger partial charge on any atom is 0.233 e. The van der Waals surface area contributed by atoms with Crippen molar-refractivity contribution < 1.29 is 4.79 Å². The number of carbonyl (C=O) groups is 1. The Morgan fingerprint density at radius 3 is 2.52 bits per heavy atom. The Kier molecular flexibility index (Phi) is 4.74. The fourth-order valence-corrected chi connectivity index (χ4v) is 4.18. The van der Waals surface area contributed by atoms with Gasteiger partial charge in [-0.05, 0) is 30.5 Å². The van der Waals surface area contributed by atoms with Gasteiger partial charge in [0.2, 0.25) is 5.91 Å². The second-order valence-corrected chi connectivity index (χ2v) is 7.27. The molecule has 25 heavy (non-hydrogen) atoms. The van der Waals surface area contributed by atoms with Crippen LogP contribution in [0.15, 0.2) is 59.8 Å². The lowest BCUT2D eigenvalue weighted by atomic mass is 10.2. The molecule has 0 unspecified atom stereocenters. The summed E-state index contributed by atoms with van der Waals surface area (Å²) >= 11 is 1.55. The van der Waals surface area contributed by atoms with Gasteiger partial charge >= 0.3 is 0 Å². The van der Waals surface area contributed by atoms with Crippen molar-refractivity contribution in [2.24, 2.45) is 0 Å². The van der Waals surface area contributed by atoms with E-state index in [0.29, 0.717) is 5.75 Å². The van der Waals surface area contributed by atoms with E-state index in [1.165, 1.54) is 5.56 Å². The van der Waals surface area contributed by atoms with Crippen LogP contribution in [0.1, 0.15) is 18.4 Å². The SMILES string of the molecule is O=C(CSc1nc2ccccc2n1Cc1ccccc1)N1CCCC1. The number of carbonyl (C=O) groups excluding carboxylic acids is 1. The zero-order chi connectivity index (χ0) is 17.1. The van der Waals surface area contributed by atoms with Crippen LogP contribution >= 0.6 is 11.8 Å². The van der Waals surface area contributed by atoms with Crippen molar-refractivity contribution in [1.82, 2.24) is 14.5 Å². The summed E-state index contributed by atoms with van der Waals surface area (Å²) in [6, 6.07) is 18.6. The van der Waals surface area contributed by atoms with Gasteiger partial charge in [-0.2, -0.15) is 0 Å². The quantitative estimate of drug-likeness (QED) is 0.656. The minimum Gasteiger partial charge on any atom is -0.342 e. The molecule has 1 aromatic heterocycles. The molecule has 0 radical (unpaired) electrons. The first-order chi connectivity index (χ1) is 12.3. The van der Waals surface area contributed by atoms with Gasteiger partial charge < -0.3 is 9.47 Å². The van der Waals surface area contributed by atoms with Crippen LogP contribution in [0.3, 0.4) is 0 Å².